The zero-order valence-electron chi connectivity index (χ0n) is 11.7. The molecule has 0 atom stereocenters. The van der Waals surface area contributed by atoms with E-state index in [1.54, 1.807) is 0 Å². The van der Waals surface area contributed by atoms with Crippen LogP contribution in [0, 0.1) is 5.92 Å². The van der Waals surface area contributed by atoms with Crippen molar-refractivity contribution < 1.29 is 4.79 Å². The summed E-state index contributed by atoms with van der Waals surface area (Å²) >= 11 is 0. The molecule has 1 aliphatic carbocycles. The molecule has 0 aromatic carbocycles. The number of nitrogens with one attached hydrogen (secondary N) is 1. The zero-order valence-corrected chi connectivity index (χ0v) is 11.7. The van der Waals surface area contributed by atoms with E-state index in [0.29, 0.717) is 6.54 Å². The quantitative estimate of drug-likeness (QED) is 0.792. The minimum absolute atomic E-state index is 0.287. The Labute approximate surface area is 111 Å². The van der Waals surface area contributed by atoms with Crippen LogP contribution >= 0.6 is 0 Å². The van der Waals surface area contributed by atoms with Crippen LogP contribution in [0.25, 0.3) is 0 Å². The molecule has 104 valence electrons. The van der Waals surface area contributed by atoms with E-state index >= 15 is 0 Å². The van der Waals surface area contributed by atoms with E-state index in [0.717, 1.165) is 38.6 Å². The molecule has 0 spiro atoms. The van der Waals surface area contributed by atoms with Crippen molar-refractivity contribution in [1.82, 2.24) is 15.1 Å². The van der Waals surface area contributed by atoms with Crippen LogP contribution in [0.4, 0.5) is 0 Å². The van der Waals surface area contributed by atoms with Crippen LogP contribution in [0.1, 0.15) is 32.1 Å². The first kappa shape index (κ1) is 13.8. The van der Waals surface area contributed by atoms with E-state index in [-0.39, 0.29) is 5.91 Å². The van der Waals surface area contributed by atoms with Gasteiger partial charge in [-0.1, -0.05) is 25.7 Å². The number of piperazine rings is 1. The number of carbonyl (C=O) groups excluding carboxylic acids is 1. The summed E-state index contributed by atoms with van der Waals surface area (Å²) in [6.07, 6.45) is 6.73. The lowest BCUT2D eigenvalue weighted by atomic mass is 10.0. The van der Waals surface area contributed by atoms with Crippen LogP contribution in [-0.4, -0.2) is 62.0 Å². The van der Waals surface area contributed by atoms with E-state index in [4.69, 9.17) is 0 Å². The van der Waals surface area contributed by atoms with Crippen LogP contribution in [0.5, 0.6) is 0 Å². The van der Waals surface area contributed by atoms with E-state index in [9.17, 15) is 4.79 Å². The fourth-order valence-electron chi connectivity index (χ4n) is 2.98. The third kappa shape index (κ3) is 4.25. The number of hydrogen-bond donors (Lipinski definition) is 1. The maximum atomic E-state index is 12.1. The third-order valence-electron chi connectivity index (χ3n) is 4.34. The monoisotopic (exact) mass is 253 g/mol. The molecule has 2 aliphatic rings. The molecule has 1 saturated heterocycles. The van der Waals surface area contributed by atoms with Gasteiger partial charge in [0.25, 0.3) is 0 Å². The Kier molecular flexibility index (Phi) is 5.45. The second kappa shape index (κ2) is 7.10. The van der Waals surface area contributed by atoms with Crippen molar-refractivity contribution in [2.24, 2.45) is 5.92 Å². The van der Waals surface area contributed by atoms with Crippen molar-refractivity contribution in [3.05, 3.63) is 0 Å². The van der Waals surface area contributed by atoms with Crippen LogP contribution in [0.3, 0.4) is 0 Å². The summed E-state index contributed by atoms with van der Waals surface area (Å²) in [6, 6.07) is 0. The molecule has 2 fully saturated rings. The van der Waals surface area contributed by atoms with Crippen molar-refractivity contribution >= 4 is 5.91 Å². The predicted octanol–water partition coefficient (Wildman–Crippen LogP) is 0.930. The molecule has 2 rings (SSSR count). The fraction of sp³-hybridized carbons (Fsp3) is 0.929. The van der Waals surface area contributed by atoms with Crippen LogP contribution < -0.4 is 5.32 Å². The smallest absolute Gasteiger partial charge is 0.236 e. The van der Waals surface area contributed by atoms with Crippen LogP contribution in [0.2, 0.25) is 0 Å². The van der Waals surface area contributed by atoms with Gasteiger partial charge in [-0.3, -0.25) is 9.69 Å². The molecule has 1 amide bonds. The second-order valence-electron chi connectivity index (χ2n) is 5.78. The first-order valence-electron chi connectivity index (χ1n) is 7.43. The molecule has 0 bridgehead atoms. The highest BCUT2D eigenvalue weighted by molar-refractivity contribution is 5.77. The maximum absolute atomic E-state index is 12.1. The summed E-state index contributed by atoms with van der Waals surface area (Å²) in [7, 11) is 1.96. The van der Waals surface area contributed by atoms with Crippen LogP contribution in [0.15, 0.2) is 0 Å². The summed E-state index contributed by atoms with van der Waals surface area (Å²) in [5.41, 5.74) is 0. The molecule has 0 aromatic heterocycles. The Morgan fingerprint density at radius 2 is 1.94 bits per heavy atom. The summed E-state index contributed by atoms with van der Waals surface area (Å²) in [5, 5.41) is 3.31. The Bertz CT molecular complexity index is 258. The highest BCUT2D eigenvalue weighted by Crippen LogP contribution is 2.27. The minimum atomic E-state index is 0.287. The molecular formula is C14H27N3O. The van der Waals surface area contributed by atoms with Crippen molar-refractivity contribution in [2.45, 2.75) is 32.1 Å². The van der Waals surface area contributed by atoms with E-state index in [2.05, 4.69) is 10.2 Å². The van der Waals surface area contributed by atoms with Gasteiger partial charge in [0.1, 0.15) is 0 Å². The maximum Gasteiger partial charge on any atom is 0.236 e. The molecule has 4 nitrogen and oxygen atoms in total. The van der Waals surface area contributed by atoms with Gasteiger partial charge in [-0.05, 0) is 12.3 Å². The highest BCUT2D eigenvalue weighted by atomic mass is 16.2. The van der Waals surface area contributed by atoms with Crippen molar-refractivity contribution in [3.63, 3.8) is 0 Å². The first-order valence-corrected chi connectivity index (χ1v) is 7.43. The van der Waals surface area contributed by atoms with Crippen molar-refractivity contribution in [3.8, 4) is 0 Å². The minimum Gasteiger partial charge on any atom is -0.345 e. The molecule has 1 N–H and O–H groups in total. The summed E-state index contributed by atoms with van der Waals surface area (Å²) in [5.74, 6) is 1.16. The van der Waals surface area contributed by atoms with Gasteiger partial charge in [0, 0.05) is 39.8 Å². The molecule has 1 saturated carbocycles. The number of amides is 1. The topological polar surface area (TPSA) is 35.6 Å². The molecule has 0 radical (unpaired) electrons. The molecular weight excluding hydrogens is 226 g/mol. The number of likely N-dealkylation sites (N-methyl/N-ethyl adjacent to an activating group) is 1. The number of carbonyl (C=O) groups is 1. The molecule has 0 unspecified atom stereocenters. The van der Waals surface area contributed by atoms with Gasteiger partial charge in [0.15, 0.2) is 0 Å². The largest absolute Gasteiger partial charge is 0.345 e. The number of hydrogen-bond acceptors (Lipinski definition) is 3. The first-order chi connectivity index (χ1) is 8.75. The van der Waals surface area contributed by atoms with Gasteiger partial charge in [0.2, 0.25) is 5.91 Å². The molecule has 4 heteroatoms. The fourth-order valence-corrected chi connectivity index (χ4v) is 2.98. The Balaban J connectivity index is 1.63. The average molecular weight is 253 g/mol. The number of rotatable bonds is 5. The lowest BCUT2D eigenvalue weighted by molar-refractivity contribution is -0.131. The summed E-state index contributed by atoms with van der Waals surface area (Å²) in [4.78, 5) is 16.3. The molecule has 1 aliphatic heterocycles. The summed E-state index contributed by atoms with van der Waals surface area (Å²) in [6.45, 7) is 5.57. The lowest BCUT2D eigenvalue weighted by Gasteiger charge is -2.28. The van der Waals surface area contributed by atoms with Crippen molar-refractivity contribution in [2.75, 3.05) is 46.3 Å². The third-order valence-corrected chi connectivity index (χ3v) is 4.34. The van der Waals surface area contributed by atoms with E-state index in [1.807, 2.05) is 11.9 Å². The van der Waals surface area contributed by atoms with Gasteiger partial charge < -0.3 is 10.2 Å². The average Bonchev–Trinajstić information content (AvgIpc) is 2.90. The highest BCUT2D eigenvalue weighted by Gasteiger charge is 2.19. The van der Waals surface area contributed by atoms with Gasteiger partial charge in [-0.15, -0.1) is 0 Å². The van der Waals surface area contributed by atoms with Gasteiger partial charge >= 0.3 is 0 Å². The Morgan fingerprint density at radius 3 is 2.61 bits per heavy atom. The van der Waals surface area contributed by atoms with Crippen molar-refractivity contribution in [1.29, 1.82) is 0 Å². The van der Waals surface area contributed by atoms with E-state index < -0.39 is 0 Å². The predicted molar refractivity (Wildman–Crippen MR) is 73.5 cm³/mol. The van der Waals surface area contributed by atoms with Crippen LogP contribution in [-0.2, 0) is 4.79 Å². The molecule has 0 aromatic rings. The summed E-state index contributed by atoms with van der Waals surface area (Å²) < 4.78 is 0. The van der Waals surface area contributed by atoms with Gasteiger partial charge in [-0.25, -0.2) is 0 Å². The standard InChI is InChI=1S/C14H27N3O/c1-16(9-6-13-4-2-3-5-13)14(18)12-17-10-7-15-8-11-17/h13,15H,2-12H2,1H3. The lowest BCUT2D eigenvalue weighted by Crippen LogP contribution is -2.48. The SMILES string of the molecule is CN(CCC1CCCC1)C(=O)CN1CCNCC1. The van der Waals surface area contributed by atoms with Gasteiger partial charge in [-0.2, -0.15) is 0 Å². The zero-order chi connectivity index (χ0) is 12.8. The normalized spacial score (nSPS) is 22.3. The Hall–Kier alpha value is -0.610. The molecule has 1 heterocycles. The second-order valence-corrected chi connectivity index (χ2v) is 5.78. The molecule has 18 heavy (non-hydrogen) atoms. The van der Waals surface area contributed by atoms with Gasteiger partial charge in [0.05, 0.1) is 6.54 Å². The Morgan fingerprint density at radius 1 is 1.28 bits per heavy atom. The number of nitrogens with zero attached hydrogens (tertiary/aromatic N) is 2. The van der Waals surface area contributed by atoms with E-state index in [1.165, 1.54) is 32.1 Å².